The van der Waals surface area contributed by atoms with Crippen molar-refractivity contribution in [1.82, 2.24) is 9.97 Å². The molecule has 0 fully saturated rings. The summed E-state index contributed by atoms with van der Waals surface area (Å²) in [5, 5.41) is 0. The Morgan fingerprint density at radius 3 is 2.56 bits per heavy atom. The lowest BCUT2D eigenvalue weighted by molar-refractivity contribution is 0.293. The Morgan fingerprint density at radius 1 is 1.11 bits per heavy atom. The van der Waals surface area contributed by atoms with E-state index in [1.54, 1.807) is 6.07 Å². The average Bonchev–Trinajstić information content (AvgIpc) is 2.26. The predicted octanol–water partition coefficient (Wildman–Crippen LogP) is 2.56. The molecule has 0 aliphatic rings. The molecule has 2 N–H and O–H groups in total. The summed E-state index contributed by atoms with van der Waals surface area (Å²) >= 11 is 0. The van der Waals surface area contributed by atoms with Crippen molar-refractivity contribution in [2.75, 3.05) is 5.73 Å². The number of nitrogens with two attached hydrogens (primary N) is 1. The van der Waals surface area contributed by atoms with Gasteiger partial charge < -0.3 is 10.5 Å². The van der Waals surface area contributed by atoms with Gasteiger partial charge in [-0.1, -0.05) is 17.7 Å². The van der Waals surface area contributed by atoms with E-state index in [1.165, 1.54) is 5.56 Å². The van der Waals surface area contributed by atoms with E-state index in [0.717, 1.165) is 17.0 Å². The molecule has 4 nitrogen and oxygen atoms in total. The quantitative estimate of drug-likeness (QED) is 0.900. The Balaban J connectivity index is 2.11. The van der Waals surface area contributed by atoms with Crippen molar-refractivity contribution in [3.05, 3.63) is 46.9 Å². The summed E-state index contributed by atoms with van der Waals surface area (Å²) in [7, 11) is 0. The normalized spacial score (nSPS) is 10.4. The fourth-order valence-corrected chi connectivity index (χ4v) is 1.82. The van der Waals surface area contributed by atoms with Gasteiger partial charge in [-0.05, 0) is 32.4 Å². The summed E-state index contributed by atoms with van der Waals surface area (Å²) in [6.07, 6.45) is 0. The molecule has 2 rings (SSSR count). The minimum atomic E-state index is 0.329. The summed E-state index contributed by atoms with van der Waals surface area (Å²) < 4.78 is 5.71. The zero-order chi connectivity index (χ0) is 13.1. The second-order valence-corrected chi connectivity index (χ2v) is 4.41. The molecule has 0 radical (unpaired) electrons. The van der Waals surface area contributed by atoms with Crippen LogP contribution in [0.3, 0.4) is 0 Å². The fourth-order valence-electron chi connectivity index (χ4n) is 1.82. The summed E-state index contributed by atoms with van der Waals surface area (Å²) in [5.74, 6) is 1.93. The van der Waals surface area contributed by atoms with Gasteiger partial charge in [0.25, 0.3) is 0 Å². The van der Waals surface area contributed by atoms with Crippen LogP contribution >= 0.6 is 0 Å². The van der Waals surface area contributed by atoms with Crippen LogP contribution in [-0.2, 0) is 6.61 Å². The van der Waals surface area contributed by atoms with Crippen LogP contribution in [0.1, 0.15) is 22.6 Å². The molecule has 0 spiro atoms. The minimum Gasteiger partial charge on any atom is -0.485 e. The van der Waals surface area contributed by atoms with E-state index in [1.807, 2.05) is 26.0 Å². The number of aryl methyl sites for hydroxylation is 3. The second-order valence-electron chi connectivity index (χ2n) is 4.41. The van der Waals surface area contributed by atoms with E-state index in [4.69, 9.17) is 10.5 Å². The van der Waals surface area contributed by atoms with Gasteiger partial charge in [0.1, 0.15) is 18.2 Å². The van der Waals surface area contributed by atoms with Crippen molar-refractivity contribution < 1.29 is 4.74 Å². The van der Waals surface area contributed by atoms with Crippen molar-refractivity contribution >= 4 is 5.82 Å². The highest BCUT2D eigenvalue weighted by Gasteiger charge is 2.03. The largest absolute Gasteiger partial charge is 0.485 e. The number of rotatable bonds is 3. The van der Waals surface area contributed by atoms with Crippen LogP contribution in [0, 0.1) is 20.8 Å². The van der Waals surface area contributed by atoms with Gasteiger partial charge in [0.05, 0.1) is 0 Å². The molecule has 0 saturated carbocycles. The number of nitrogen functional groups attached to an aromatic ring is 1. The number of anilines is 1. The molecule has 1 aromatic heterocycles. The molecule has 0 aliphatic heterocycles. The molecule has 0 aliphatic carbocycles. The van der Waals surface area contributed by atoms with E-state index < -0.39 is 0 Å². The Kier molecular flexibility index (Phi) is 3.46. The van der Waals surface area contributed by atoms with Crippen molar-refractivity contribution in [3.63, 3.8) is 0 Å². The third-order valence-electron chi connectivity index (χ3n) is 2.61. The highest BCUT2D eigenvalue weighted by atomic mass is 16.5. The molecule has 0 amide bonds. The van der Waals surface area contributed by atoms with Crippen LogP contribution in [0.25, 0.3) is 0 Å². The summed E-state index contributed by atoms with van der Waals surface area (Å²) in [6, 6.07) is 7.80. The molecule has 4 heteroatoms. The predicted molar refractivity (Wildman–Crippen MR) is 71.4 cm³/mol. The van der Waals surface area contributed by atoms with E-state index in [2.05, 4.69) is 23.0 Å². The monoisotopic (exact) mass is 243 g/mol. The molecule has 1 aromatic carbocycles. The molecule has 0 saturated heterocycles. The minimum absolute atomic E-state index is 0.329. The number of nitrogens with zero attached hydrogens (tertiary/aromatic N) is 2. The molecule has 2 aromatic rings. The molecule has 0 bridgehead atoms. The Bertz CT molecular complexity index is 547. The first kappa shape index (κ1) is 12.4. The smallest absolute Gasteiger partial charge is 0.168 e. The molecular formula is C14H17N3O. The number of hydrogen-bond donors (Lipinski definition) is 1. The fraction of sp³-hybridized carbons (Fsp3) is 0.286. The Labute approximate surface area is 107 Å². The molecule has 1 heterocycles. The number of hydrogen-bond acceptors (Lipinski definition) is 4. The van der Waals surface area contributed by atoms with E-state index in [9.17, 15) is 0 Å². The SMILES string of the molecule is Cc1ccc(OCc2nc(C)cc(N)n2)c(C)c1. The lowest BCUT2D eigenvalue weighted by Gasteiger charge is -2.09. The zero-order valence-corrected chi connectivity index (χ0v) is 10.9. The van der Waals surface area contributed by atoms with E-state index in [0.29, 0.717) is 18.2 Å². The zero-order valence-electron chi connectivity index (χ0n) is 10.9. The number of aromatic nitrogens is 2. The third kappa shape index (κ3) is 2.97. The maximum atomic E-state index is 5.71. The summed E-state index contributed by atoms with van der Waals surface area (Å²) in [4.78, 5) is 8.42. The lowest BCUT2D eigenvalue weighted by Crippen LogP contribution is -2.05. The molecule has 0 unspecified atom stereocenters. The molecule has 18 heavy (non-hydrogen) atoms. The van der Waals surface area contributed by atoms with Gasteiger partial charge in [-0.2, -0.15) is 0 Å². The van der Waals surface area contributed by atoms with Gasteiger partial charge in [0.2, 0.25) is 0 Å². The van der Waals surface area contributed by atoms with Gasteiger partial charge in [-0.25, -0.2) is 9.97 Å². The van der Waals surface area contributed by atoms with Gasteiger partial charge in [0.15, 0.2) is 5.82 Å². The van der Waals surface area contributed by atoms with Crippen LogP contribution in [0.4, 0.5) is 5.82 Å². The lowest BCUT2D eigenvalue weighted by atomic mass is 10.1. The molecule has 94 valence electrons. The maximum absolute atomic E-state index is 5.71. The molecule has 0 atom stereocenters. The van der Waals surface area contributed by atoms with Crippen molar-refractivity contribution in [2.24, 2.45) is 0 Å². The van der Waals surface area contributed by atoms with Crippen LogP contribution in [0.2, 0.25) is 0 Å². The van der Waals surface area contributed by atoms with Gasteiger partial charge in [-0.15, -0.1) is 0 Å². The summed E-state index contributed by atoms with van der Waals surface area (Å²) in [5.41, 5.74) is 8.85. The van der Waals surface area contributed by atoms with Crippen LogP contribution < -0.4 is 10.5 Å². The van der Waals surface area contributed by atoms with Gasteiger partial charge in [-0.3, -0.25) is 0 Å². The van der Waals surface area contributed by atoms with Crippen LogP contribution in [-0.4, -0.2) is 9.97 Å². The first-order valence-electron chi connectivity index (χ1n) is 5.84. The van der Waals surface area contributed by atoms with Crippen molar-refractivity contribution in [1.29, 1.82) is 0 Å². The van der Waals surface area contributed by atoms with Crippen molar-refractivity contribution in [2.45, 2.75) is 27.4 Å². The third-order valence-corrected chi connectivity index (χ3v) is 2.61. The second kappa shape index (κ2) is 5.04. The Hall–Kier alpha value is -2.10. The maximum Gasteiger partial charge on any atom is 0.168 e. The first-order chi connectivity index (χ1) is 8.54. The van der Waals surface area contributed by atoms with Crippen LogP contribution in [0.15, 0.2) is 24.3 Å². The molecular weight excluding hydrogens is 226 g/mol. The highest BCUT2D eigenvalue weighted by molar-refractivity contribution is 5.35. The Morgan fingerprint density at radius 2 is 1.89 bits per heavy atom. The van der Waals surface area contributed by atoms with Crippen molar-refractivity contribution in [3.8, 4) is 5.75 Å². The first-order valence-corrected chi connectivity index (χ1v) is 5.84. The van der Waals surface area contributed by atoms with E-state index >= 15 is 0 Å². The summed E-state index contributed by atoms with van der Waals surface area (Å²) in [6.45, 7) is 6.30. The number of benzene rings is 1. The standard InChI is InChI=1S/C14H17N3O/c1-9-4-5-12(10(2)6-9)18-8-14-16-11(3)7-13(15)17-14/h4-7H,8H2,1-3H3,(H2,15,16,17). The van der Waals surface area contributed by atoms with E-state index in [-0.39, 0.29) is 0 Å². The average molecular weight is 243 g/mol. The van der Waals surface area contributed by atoms with Gasteiger partial charge >= 0.3 is 0 Å². The van der Waals surface area contributed by atoms with Gasteiger partial charge in [0, 0.05) is 11.8 Å². The number of ether oxygens (including phenoxy) is 1. The van der Waals surface area contributed by atoms with Crippen LogP contribution in [0.5, 0.6) is 5.75 Å². The topological polar surface area (TPSA) is 61.0 Å². The highest BCUT2D eigenvalue weighted by Crippen LogP contribution is 2.19.